The number of anilines is 1. The summed E-state index contributed by atoms with van der Waals surface area (Å²) in [6.45, 7) is 1.43. The number of nitriles is 1. The Hall–Kier alpha value is -3.79. The van der Waals surface area contributed by atoms with E-state index in [2.05, 4.69) is 5.32 Å². The first kappa shape index (κ1) is 21.9. The molecule has 0 fully saturated rings. The van der Waals surface area contributed by atoms with Crippen LogP contribution in [0.4, 0.5) is 5.69 Å². The van der Waals surface area contributed by atoms with Crippen LogP contribution in [-0.2, 0) is 27.2 Å². The minimum atomic E-state index is -0.943. The SMILES string of the molecule is COc1cc(/C=C/C(=O)O[C@H](C)C(=O)Nc2ccc3c(c2)CCC3)ccc1OCC#N. The molecule has 0 saturated carbocycles. The van der Waals surface area contributed by atoms with E-state index in [1.165, 1.54) is 31.2 Å². The van der Waals surface area contributed by atoms with Gasteiger partial charge in [0, 0.05) is 11.8 Å². The average molecular weight is 420 g/mol. The van der Waals surface area contributed by atoms with Crippen molar-refractivity contribution in [1.82, 2.24) is 0 Å². The summed E-state index contributed by atoms with van der Waals surface area (Å²) in [6.07, 6.45) is 5.07. The molecule has 0 saturated heterocycles. The molecule has 0 unspecified atom stereocenters. The molecule has 1 atom stereocenters. The van der Waals surface area contributed by atoms with Crippen molar-refractivity contribution in [1.29, 1.82) is 5.26 Å². The molecule has 7 nitrogen and oxygen atoms in total. The summed E-state index contributed by atoms with van der Waals surface area (Å²) in [5.41, 5.74) is 3.96. The number of ether oxygens (including phenoxy) is 3. The number of hydrogen-bond acceptors (Lipinski definition) is 6. The standard InChI is InChI=1S/C24H24N2O5/c1-16(24(28)26-20-9-8-18-4-3-5-19(18)15-20)31-23(27)11-7-17-6-10-21(30-13-12-25)22(14-17)29-2/h6-11,14-16H,3-5,13H2,1-2H3,(H,26,28)/b11-7+/t16-/m1/s1. The maximum atomic E-state index is 12.4. The highest BCUT2D eigenvalue weighted by atomic mass is 16.5. The molecule has 0 bridgehead atoms. The summed E-state index contributed by atoms with van der Waals surface area (Å²) in [5.74, 6) is -0.158. The minimum absolute atomic E-state index is 0.0940. The van der Waals surface area contributed by atoms with E-state index in [4.69, 9.17) is 19.5 Å². The predicted molar refractivity (Wildman–Crippen MR) is 116 cm³/mol. The molecule has 1 amide bonds. The predicted octanol–water partition coefficient (Wildman–Crippen LogP) is 3.67. The summed E-state index contributed by atoms with van der Waals surface area (Å²) < 4.78 is 15.7. The van der Waals surface area contributed by atoms with Crippen LogP contribution in [0.1, 0.15) is 30.0 Å². The number of carbonyl (C=O) groups excluding carboxylic acids is 2. The maximum absolute atomic E-state index is 12.4. The Morgan fingerprint density at radius 3 is 2.74 bits per heavy atom. The number of aryl methyl sites for hydroxylation is 2. The third-order valence-electron chi connectivity index (χ3n) is 4.92. The molecule has 0 aliphatic heterocycles. The number of nitrogens with one attached hydrogen (secondary N) is 1. The van der Waals surface area contributed by atoms with Crippen LogP contribution < -0.4 is 14.8 Å². The fourth-order valence-corrected chi connectivity index (χ4v) is 3.34. The zero-order valence-electron chi connectivity index (χ0n) is 17.5. The Morgan fingerprint density at radius 2 is 1.97 bits per heavy atom. The van der Waals surface area contributed by atoms with Gasteiger partial charge in [-0.1, -0.05) is 12.1 Å². The topological polar surface area (TPSA) is 97.7 Å². The van der Waals surface area contributed by atoms with Gasteiger partial charge in [-0.25, -0.2) is 4.79 Å². The molecule has 0 spiro atoms. The fourth-order valence-electron chi connectivity index (χ4n) is 3.34. The lowest BCUT2D eigenvalue weighted by Gasteiger charge is -2.13. The summed E-state index contributed by atoms with van der Waals surface area (Å²) in [7, 11) is 1.48. The Labute approximate surface area is 181 Å². The monoisotopic (exact) mass is 420 g/mol. The van der Waals surface area contributed by atoms with Gasteiger partial charge in [-0.05, 0) is 73.2 Å². The highest BCUT2D eigenvalue weighted by Crippen LogP contribution is 2.28. The molecule has 3 rings (SSSR count). The number of esters is 1. The maximum Gasteiger partial charge on any atom is 0.331 e. The Balaban J connectivity index is 1.55. The van der Waals surface area contributed by atoms with Gasteiger partial charge in [0.1, 0.15) is 6.07 Å². The Morgan fingerprint density at radius 1 is 1.16 bits per heavy atom. The molecule has 0 radical (unpaired) electrons. The number of benzene rings is 2. The number of nitrogens with zero attached hydrogens (tertiary/aromatic N) is 1. The van der Waals surface area contributed by atoms with Crippen molar-refractivity contribution in [3.05, 3.63) is 59.2 Å². The van der Waals surface area contributed by atoms with Crippen LogP contribution in [0.25, 0.3) is 6.08 Å². The zero-order valence-corrected chi connectivity index (χ0v) is 17.5. The highest BCUT2D eigenvalue weighted by molar-refractivity contribution is 5.96. The van der Waals surface area contributed by atoms with E-state index < -0.39 is 12.1 Å². The van der Waals surface area contributed by atoms with Crippen LogP contribution in [0.5, 0.6) is 11.5 Å². The third kappa shape index (κ3) is 5.86. The second-order valence-electron chi connectivity index (χ2n) is 7.10. The van der Waals surface area contributed by atoms with Gasteiger partial charge in [0.05, 0.1) is 7.11 Å². The van der Waals surface area contributed by atoms with Crippen molar-refractivity contribution < 1.29 is 23.8 Å². The Kier molecular flexibility index (Phi) is 7.28. The van der Waals surface area contributed by atoms with E-state index in [-0.39, 0.29) is 12.5 Å². The molecule has 0 heterocycles. The molecule has 0 aromatic heterocycles. The van der Waals surface area contributed by atoms with Crippen molar-refractivity contribution in [2.75, 3.05) is 19.0 Å². The van der Waals surface area contributed by atoms with Crippen molar-refractivity contribution in [2.45, 2.75) is 32.3 Å². The van der Waals surface area contributed by atoms with Crippen molar-refractivity contribution in [3.8, 4) is 17.6 Å². The van der Waals surface area contributed by atoms with Crippen LogP contribution in [0.15, 0.2) is 42.5 Å². The molecule has 1 N–H and O–H groups in total. The van der Waals surface area contributed by atoms with Gasteiger partial charge in [0.2, 0.25) is 0 Å². The van der Waals surface area contributed by atoms with Crippen LogP contribution in [-0.4, -0.2) is 31.7 Å². The highest BCUT2D eigenvalue weighted by Gasteiger charge is 2.18. The Bertz CT molecular complexity index is 1040. The van der Waals surface area contributed by atoms with E-state index in [1.54, 1.807) is 24.3 Å². The van der Waals surface area contributed by atoms with Crippen molar-refractivity contribution >= 4 is 23.6 Å². The van der Waals surface area contributed by atoms with Gasteiger partial charge in [-0.2, -0.15) is 5.26 Å². The molecule has 31 heavy (non-hydrogen) atoms. The average Bonchev–Trinajstić information content (AvgIpc) is 3.24. The number of methoxy groups -OCH3 is 1. The fraction of sp³-hybridized carbons (Fsp3) is 0.292. The van der Waals surface area contributed by atoms with E-state index >= 15 is 0 Å². The summed E-state index contributed by atoms with van der Waals surface area (Å²) in [4.78, 5) is 24.5. The molecule has 2 aromatic carbocycles. The normalized spacial score (nSPS) is 13.2. The van der Waals surface area contributed by atoms with Gasteiger partial charge in [-0.15, -0.1) is 0 Å². The van der Waals surface area contributed by atoms with Crippen LogP contribution in [0.2, 0.25) is 0 Å². The van der Waals surface area contributed by atoms with E-state index in [9.17, 15) is 9.59 Å². The number of amides is 1. The lowest BCUT2D eigenvalue weighted by molar-refractivity contribution is -0.148. The number of carbonyl (C=O) groups is 2. The first-order chi connectivity index (χ1) is 15.0. The number of rotatable bonds is 8. The third-order valence-corrected chi connectivity index (χ3v) is 4.92. The lowest BCUT2D eigenvalue weighted by atomic mass is 10.1. The number of fused-ring (bicyclic) bond motifs is 1. The quantitative estimate of drug-likeness (QED) is 0.517. The molecule has 160 valence electrons. The van der Waals surface area contributed by atoms with Crippen molar-refractivity contribution in [2.24, 2.45) is 0 Å². The first-order valence-corrected chi connectivity index (χ1v) is 9.99. The molecule has 7 heteroatoms. The second kappa shape index (κ2) is 10.3. The molecular formula is C24H24N2O5. The molecule has 1 aliphatic carbocycles. The van der Waals surface area contributed by atoms with Gasteiger partial charge in [0.15, 0.2) is 24.2 Å². The largest absolute Gasteiger partial charge is 0.493 e. The number of hydrogen-bond donors (Lipinski definition) is 1. The molecule has 1 aliphatic rings. The molecular weight excluding hydrogens is 396 g/mol. The zero-order chi connectivity index (χ0) is 22.2. The summed E-state index contributed by atoms with van der Waals surface area (Å²) >= 11 is 0. The van der Waals surface area contributed by atoms with E-state index in [0.29, 0.717) is 22.7 Å². The van der Waals surface area contributed by atoms with Crippen molar-refractivity contribution in [3.63, 3.8) is 0 Å². The van der Waals surface area contributed by atoms with Gasteiger partial charge < -0.3 is 19.5 Å². The smallest absolute Gasteiger partial charge is 0.331 e. The van der Waals surface area contributed by atoms with E-state index in [1.807, 2.05) is 24.3 Å². The van der Waals surface area contributed by atoms with Gasteiger partial charge in [-0.3, -0.25) is 4.79 Å². The van der Waals surface area contributed by atoms with Crippen LogP contribution in [0.3, 0.4) is 0 Å². The van der Waals surface area contributed by atoms with E-state index in [0.717, 1.165) is 19.3 Å². The van der Waals surface area contributed by atoms with Crippen LogP contribution >= 0.6 is 0 Å². The minimum Gasteiger partial charge on any atom is -0.493 e. The summed E-state index contributed by atoms with van der Waals surface area (Å²) in [6, 6.07) is 12.8. The first-order valence-electron chi connectivity index (χ1n) is 9.99. The summed E-state index contributed by atoms with van der Waals surface area (Å²) in [5, 5.41) is 11.4. The molecule has 2 aromatic rings. The van der Waals surface area contributed by atoms with Gasteiger partial charge >= 0.3 is 5.97 Å². The van der Waals surface area contributed by atoms with Crippen LogP contribution in [0, 0.1) is 11.3 Å². The van der Waals surface area contributed by atoms with Gasteiger partial charge in [0.25, 0.3) is 5.91 Å². The lowest BCUT2D eigenvalue weighted by Crippen LogP contribution is -2.29. The second-order valence-corrected chi connectivity index (χ2v) is 7.10.